The molecule has 2 heterocycles. The topological polar surface area (TPSA) is 169 Å². The van der Waals surface area contributed by atoms with Gasteiger partial charge in [0.15, 0.2) is 6.29 Å². The van der Waals surface area contributed by atoms with Gasteiger partial charge in [-0.2, -0.15) is 0 Å². The van der Waals surface area contributed by atoms with Crippen LogP contribution in [0.2, 0.25) is 0 Å². The first-order valence-corrected chi connectivity index (χ1v) is 6.95. The minimum absolute atomic E-state index is 0.182. The highest BCUT2D eigenvalue weighted by molar-refractivity contribution is 4.92. The highest BCUT2D eigenvalue weighted by Crippen LogP contribution is 2.26. The SMILES string of the molecule is OC[C@H]1OC[C@H](OC2O[C@H](CO)[C@@H](O)[C@H](O)[C@H]2O)[C@@H](O)[C@@H]1O. The first-order valence-electron chi connectivity index (χ1n) is 6.95. The first-order chi connectivity index (χ1) is 10.4. The van der Waals surface area contributed by atoms with Gasteiger partial charge >= 0.3 is 0 Å². The maximum atomic E-state index is 9.93. The summed E-state index contributed by atoms with van der Waals surface area (Å²) >= 11 is 0. The van der Waals surface area contributed by atoms with E-state index in [0.29, 0.717) is 0 Å². The lowest BCUT2D eigenvalue weighted by molar-refractivity contribution is -0.331. The molecule has 7 N–H and O–H groups in total. The molecule has 2 aliphatic heterocycles. The molecular formula is C12H22O10. The fourth-order valence-corrected chi connectivity index (χ4v) is 2.49. The summed E-state index contributed by atoms with van der Waals surface area (Å²) in [6.07, 6.45) is -12.1. The van der Waals surface area contributed by atoms with Gasteiger partial charge in [-0.05, 0) is 0 Å². The second-order valence-corrected chi connectivity index (χ2v) is 5.41. The van der Waals surface area contributed by atoms with Crippen molar-refractivity contribution in [2.24, 2.45) is 0 Å². The Bertz CT molecular complexity index is 353. The summed E-state index contributed by atoms with van der Waals surface area (Å²) in [6.45, 7) is -1.27. The monoisotopic (exact) mass is 326 g/mol. The quantitative estimate of drug-likeness (QED) is 0.266. The number of aliphatic hydroxyl groups excluding tert-OH is 7. The van der Waals surface area contributed by atoms with E-state index in [2.05, 4.69) is 0 Å². The summed E-state index contributed by atoms with van der Waals surface area (Å²) in [4.78, 5) is 0. The minimum Gasteiger partial charge on any atom is -0.394 e. The maximum Gasteiger partial charge on any atom is 0.187 e. The summed E-state index contributed by atoms with van der Waals surface area (Å²) in [5.74, 6) is 0. The van der Waals surface area contributed by atoms with Crippen LogP contribution in [0.3, 0.4) is 0 Å². The molecule has 1 unspecified atom stereocenters. The Morgan fingerprint density at radius 2 is 1.36 bits per heavy atom. The molecule has 130 valence electrons. The van der Waals surface area contributed by atoms with Crippen LogP contribution in [0, 0.1) is 0 Å². The van der Waals surface area contributed by atoms with E-state index in [4.69, 9.17) is 24.4 Å². The number of ether oxygens (including phenoxy) is 3. The van der Waals surface area contributed by atoms with Crippen molar-refractivity contribution in [3.05, 3.63) is 0 Å². The van der Waals surface area contributed by atoms with Gasteiger partial charge in [0.2, 0.25) is 0 Å². The Morgan fingerprint density at radius 1 is 0.773 bits per heavy atom. The summed E-state index contributed by atoms with van der Waals surface area (Å²) < 4.78 is 15.6. The molecule has 2 rings (SSSR count). The molecule has 0 spiro atoms. The van der Waals surface area contributed by atoms with E-state index in [-0.39, 0.29) is 6.61 Å². The van der Waals surface area contributed by atoms with Gasteiger partial charge in [-0.1, -0.05) is 0 Å². The molecule has 2 fully saturated rings. The Labute approximate surface area is 126 Å². The predicted octanol–water partition coefficient (Wildman–Crippen LogP) is -4.72. The molecule has 2 saturated heterocycles. The molecule has 10 nitrogen and oxygen atoms in total. The molecule has 9 atom stereocenters. The van der Waals surface area contributed by atoms with Crippen molar-refractivity contribution in [1.82, 2.24) is 0 Å². The number of rotatable bonds is 4. The van der Waals surface area contributed by atoms with Crippen molar-refractivity contribution in [3.8, 4) is 0 Å². The van der Waals surface area contributed by atoms with Crippen molar-refractivity contribution in [2.75, 3.05) is 19.8 Å². The summed E-state index contributed by atoms with van der Waals surface area (Å²) in [5.41, 5.74) is 0. The minimum atomic E-state index is -1.61. The zero-order valence-corrected chi connectivity index (χ0v) is 11.7. The lowest BCUT2D eigenvalue weighted by Gasteiger charge is -2.43. The third kappa shape index (κ3) is 3.41. The predicted molar refractivity (Wildman–Crippen MR) is 67.5 cm³/mol. The van der Waals surface area contributed by atoms with Gasteiger partial charge in [0.1, 0.15) is 48.8 Å². The van der Waals surface area contributed by atoms with E-state index < -0.39 is 68.3 Å². The van der Waals surface area contributed by atoms with Crippen LogP contribution in [0.15, 0.2) is 0 Å². The van der Waals surface area contributed by atoms with Crippen molar-refractivity contribution in [2.45, 2.75) is 55.1 Å². The molecule has 0 aromatic rings. The normalized spacial score (nSPS) is 50.0. The summed E-state index contributed by atoms with van der Waals surface area (Å²) in [6, 6.07) is 0. The van der Waals surface area contributed by atoms with Gasteiger partial charge in [0.25, 0.3) is 0 Å². The van der Waals surface area contributed by atoms with Crippen LogP contribution in [0.25, 0.3) is 0 Å². The molecule has 0 saturated carbocycles. The van der Waals surface area contributed by atoms with Gasteiger partial charge in [0, 0.05) is 0 Å². The summed E-state index contributed by atoms with van der Waals surface area (Å²) in [5, 5.41) is 66.9. The van der Waals surface area contributed by atoms with E-state index in [1.54, 1.807) is 0 Å². The van der Waals surface area contributed by atoms with Crippen LogP contribution in [-0.4, -0.2) is 111 Å². The Morgan fingerprint density at radius 3 is 1.95 bits per heavy atom. The smallest absolute Gasteiger partial charge is 0.187 e. The second-order valence-electron chi connectivity index (χ2n) is 5.41. The van der Waals surface area contributed by atoms with Crippen LogP contribution in [0.4, 0.5) is 0 Å². The highest BCUT2D eigenvalue weighted by Gasteiger charge is 2.47. The van der Waals surface area contributed by atoms with Crippen LogP contribution < -0.4 is 0 Å². The number of hydrogen-bond acceptors (Lipinski definition) is 10. The first kappa shape index (κ1) is 17.9. The second kappa shape index (κ2) is 7.45. The van der Waals surface area contributed by atoms with Crippen molar-refractivity contribution in [1.29, 1.82) is 0 Å². The number of hydrogen-bond donors (Lipinski definition) is 7. The van der Waals surface area contributed by atoms with Gasteiger partial charge < -0.3 is 50.0 Å². The van der Waals surface area contributed by atoms with E-state index >= 15 is 0 Å². The Kier molecular flexibility index (Phi) is 6.07. The molecule has 22 heavy (non-hydrogen) atoms. The summed E-state index contributed by atoms with van der Waals surface area (Å²) in [7, 11) is 0. The lowest BCUT2D eigenvalue weighted by Crippen LogP contribution is -2.62. The molecule has 0 radical (unpaired) electrons. The molecule has 0 aromatic carbocycles. The molecular weight excluding hydrogens is 304 g/mol. The van der Waals surface area contributed by atoms with E-state index in [0.717, 1.165) is 0 Å². The van der Waals surface area contributed by atoms with E-state index in [1.807, 2.05) is 0 Å². The van der Waals surface area contributed by atoms with Gasteiger partial charge in [0.05, 0.1) is 19.8 Å². The standard InChI is InChI=1S/C12H22O10/c13-1-4-7(15)9(17)6(3-20-4)22-12-11(19)10(18)8(16)5(2-14)21-12/h4-19H,1-3H2/t4-,5-,6+,7-,8-,9-,10+,11-,12?/m1/s1. The van der Waals surface area contributed by atoms with Crippen LogP contribution in [0.5, 0.6) is 0 Å². The van der Waals surface area contributed by atoms with Crippen LogP contribution >= 0.6 is 0 Å². The molecule has 2 aliphatic rings. The average molecular weight is 326 g/mol. The zero-order chi connectivity index (χ0) is 16.4. The third-order valence-electron chi connectivity index (χ3n) is 3.92. The van der Waals surface area contributed by atoms with Crippen molar-refractivity contribution < 1.29 is 50.0 Å². The van der Waals surface area contributed by atoms with Gasteiger partial charge in [-0.25, -0.2) is 0 Å². The lowest BCUT2D eigenvalue weighted by atomic mass is 9.98. The zero-order valence-electron chi connectivity index (χ0n) is 11.7. The maximum absolute atomic E-state index is 9.93. The molecule has 0 amide bonds. The fraction of sp³-hybridized carbons (Fsp3) is 1.00. The third-order valence-corrected chi connectivity index (χ3v) is 3.92. The van der Waals surface area contributed by atoms with Crippen LogP contribution in [0.1, 0.15) is 0 Å². The Hall–Kier alpha value is -0.400. The van der Waals surface area contributed by atoms with Gasteiger partial charge in [-0.15, -0.1) is 0 Å². The molecule has 0 bridgehead atoms. The van der Waals surface area contributed by atoms with Crippen molar-refractivity contribution in [3.63, 3.8) is 0 Å². The van der Waals surface area contributed by atoms with Crippen molar-refractivity contribution >= 4 is 0 Å². The molecule has 0 aromatic heterocycles. The van der Waals surface area contributed by atoms with Gasteiger partial charge in [-0.3, -0.25) is 0 Å². The van der Waals surface area contributed by atoms with Crippen LogP contribution in [-0.2, 0) is 14.2 Å². The Balaban J connectivity index is 2.00. The van der Waals surface area contributed by atoms with E-state index in [9.17, 15) is 25.5 Å². The van der Waals surface area contributed by atoms with E-state index in [1.165, 1.54) is 0 Å². The highest BCUT2D eigenvalue weighted by atomic mass is 16.7. The fourth-order valence-electron chi connectivity index (χ4n) is 2.49. The largest absolute Gasteiger partial charge is 0.394 e. The number of aliphatic hydroxyl groups is 7. The average Bonchev–Trinajstić information content (AvgIpc) is 2.52. The molecule has 10 heteroatoms. The molecule has 0 aliphatic carbocycles.